The number of aromatic carboxylic acids is 1. The lowest BCUT2D eigenvalue weighted by Gasteiger charge is -2.00. The number of hydrogen-bond donors (Lipinski definition) is 1. The van der Waals surface area contributed by atoms with Gasteiger partial charge in [-0.2, -0.15) is 0 Å². The van der Waals surface area contributed by atoms with E-state index >= 15 is 0 Å². The zero-order valence-corrected chi connectivity index (χ0v) is 10.8. The number of carboxylic acid groups (broad SMARTS) is 1. The van der Waals surface area contributed by atoms with E-state index in [-0.39, 0.29) is 11.4 Å². The SMILES string of the molecule is O=C(O)c1ccccc1-c1cc(-c2ccc(F)cc2)on1. The molecule has 0 spiro atoms. The molecule has 1 aromatic heterocycles. The molecule has 0 amide bonds. The summed E-state index contributed by atoms with van der Waals surface area (Å²) in [4.78, 5) is 11.2. The molecule has 5 heteroatoms. The third-order valence-electron chi connectivity index (χ3n) is 3.07. The predicted molar refractivity (Wildman–Crippen MR) is 74.3 cm³/mol. The first kappa shape index (κ1) is 13.1. The van der Waals surface area contributed by atoms with Crippen molar-refractivity contribution >= 4 is 5.97 Å². The van der Waals surface area contributed by atoms with Crippen molar-refractivity contribution < 1.29 is 18.8 Å². The summed E-state index contributed by atoms with van der Waals surface area (Å²) in [6, 6.07) is 14.0. The summed E-state index contributed by atoms with van der Waals surface area (Å²) in [6.07, 6.45) is 0. The normalized spacial score (nSPS) is 10.5. The molecule has 3 aromatic rings. The van der Waals surface area contributed by atoms with Crippen LogP contribution in [-0.4, -0.2) is 16.2 Å². The Morgan fingerprint density at radius 1 is 1.10 bits per heavy atom. The van der Waals surface area contributed by atoms with E-state index in [9.17, 15) is 14.3 Å². The molecule has 0 fully saturated rings. The molecular formula is C16H10FNO3. The molecule has 104 valence electrons. The van der Waals surface area contributed by atoms with Gasteiger partial charge in [-0.1, -0.05) is 23.4 Å². The Kier molecular flexibility index (Phi) is 3.23. The lowest BCUT2D eigenvalue weighted by molar-refractivity contribution is 0.0697. The van der Waals surface area contributed by atoms with Gasteiger partial charge in [0.15, 0.2) is 5.76 Å². The largest absolute Gasteiger partial charge is 0.478 e. The van der Waals surface area contributed by atoms with Crippen LogP contribution in [-0.2, 0) is 0 Å². The van der Waals surface area contributed by atoms with E-state index in [1.54, 1.807) is 36.4 Å². The highest BCUT2D eigenvalue weighted by atomic mass is 19.1. The lowest BCUT2D eigenvalue weighted by Crippen LogP contribution is -1.98. The summed E-state index contributed by atoms with van der Waals surface area (Å²) >= 11 is 0. The van der Waals surface area contributed by atoms with Gasteiger partial charge in [0.1, 0.15) is 11.5 Å². The van der Waals surface area contributed by atoms with Crippen molar-refractivity contribution in [3.05, 3.63) is 66.0 Å². The van der Waals surface area contributed by atoms with E-state index in [1.807, 2.05) is 0 Å². The van der Waals surface area contributed by atoms with Crippen LogP contribution in [0.5, 0.6) is 0 Å². The van der Waals surface area contributed by atoms with Crippen molar-refractivity contribution in [2.75, 3.05) is 0 Å². The van der Waals surface area contributed by atoms with E-state index in [0.717, 1.165) is 0 Å². The number of rotatable bonds is 3. The Hall–Kier alpha value is -2.95. The average Bonchev–Trinajstić information content (AvgIpc) is 2.97. The summed E-state index contributed by atoms with van der Waals surface area (Å²) in [5.41, 5.74) is 1.72. The summed E-state index contributed by atoms with van der Waals surface area (Å²) in [6.45, 7) is 0. The van der Waals surface area contributed by atoms with E-state index in [4.69, 9.17) is 4.52 Å². The molecule has 0 bridgehead atoms. The molecule has 0 aliphatic heterocycles. The Balaban J connectivity index is 2.03. The fraction of sp³-hybridized carbons (Fsp3) is 0. The highest BCUT2D eigenvalue weighted by molar-refractivity contribution is 5.95. The van der Waals surface area contributed by atoms with Crippen LogP contribution < -0.4 is 0 Å². The van der Waals surface area contributed by atoms with Crippen LogP contribution in [0.1, 0.15) is 10.4 Å². The van der Waals surface area contributed by atoms with Crippen LogP contribution in [0.3, 0.4) is 0 Å². The van der Waals surface area contributed by atoms with Crippen LogP contribution in [0.4, 0.5) is 4.39 Å². The van der Waals surface area contributed by atoms with Gasteiger partial charge < -0.3 is 9.63 Å². The average molecular weight is 283 g/mol. The third kappa shape index (κ3) is 2.53. The van der Waals surface area contributed by atoms with Crippen molar-refractivity contribution in [2.24, 2.45) is 0 Å². The zero-order chi connectivity index (χ0) is 14.8. The molecule has 0 atom stereocenters. The van der Waals surface area contributed by atoms with Crippen LogP contribution in [0.15, 0.2) is 59.1 Å². The Labute approximate surface area is 119 Å². The molecule has 0 aliphatic rings. The quantitative estimate of drug-likeness (QED) is 0.793. The first-order chi connectivity index (χ1) is 10.1. The fourth-order valence-electron chi connectivity index (χ4n) is 2.05. The minimum Gasteiger partial charge on any atom is -0.478 e. The van der Waals surface area contributed by atoms with Crippen LogP contribution in [0.25, 0.3) is 22.6 Å². The number of hydrogen-bond acceptors (Lipinski definition) is 3. The molecular weight excluding hydrogens is 273 g/mol. The van der Waals surface area contributed by atoms with Crippen molar-refractivity contribution in [1.82, 2.24) is 5.16 Å². The summed E-state index contributed by atoms with van der Waals surface area (Å²) in [5, 5.41) is 13.1. The molecule has 1 heterocycles. The first-order valence-electron chi connectivity index (χ1n) is 6.20. The maximum Gasteiger partial charge on any atom is 0.336 e. The van der Waals surface area contributed by atoms with Crippen molar-refractivity contribution in [1.29, 1.82) is 0 Å². The van der Waals surface area contributed by atoms with Gasteiger partial charge in [-0.15, -0.1) is 0 Å². The van der Waals surface area contributed by atoms with Gasteiger partial charge in [0, 0.05) is 17.2 Å². The highest BCUT2D eigenvalue weighted by Crippen LogP contribution is 2.28. The molecule has 0 radical (unpaired) electrons. The molecule has 0 unspecified atom stereocenters. The van der Waals surface area contributed by atoms with Crippen molar-refractivity contribution in [2.45, 2.75) is 0 Å². The number of halogens is 1. The van der Waals surface area contributed by atoms with Gasteiger partial charge in [-0.05, 0) is 30.3 Å². The monoisotopic (exact) mass is 283 g/mol. The second-order valence-electron chi connectivity index (χ2n) is 4.43. The second-order valence-corrected chi connectivity index (χ2v) is 4.43. The summed E-state index contributed by atoms with van der Waals surface area (Å²) in [5.74, 6) is -0.920. The van der Waals surface area contributed by atoms with E-state index < -0.39 is 5.97 Å². The predicted octanol–water partition coefficient (Wildman–Crippen LogP) is 3.85. The number of carboxylic acids is 1. The lowest BCUT2D eigenvalue weighted by atomic mass is 10.0. The molecule has 0 aliphatic carbocycles. The molecule has 21 heavy (non-hydrogen) atoms. The topological polar surface area (TPSA) is 63.3 Å². The Morgan fingerprint density at radius 3 is 2.52 bits per heavy atom. The summed E-state index contributed by atoms with van der Waals surface area (Å²) < 4.78 is 18.1. The fourth-order valence-corrected chi connectivity index (χ4v) is 2.05. The molecule has 0 saturated heterocycles. The number of benzene rings is 2. The minimum absolute atomic E-state index is 0.149. The Morgan fingerprint density at radius 2 is 1.81 bits per heavy atom. The maximum absolute atomic E-state index is 12.9. The molecule has 1 N–H and O–H groups in total. The van der Waals surface area contributed by atoms with Gasteiger partial charge in [0.25, 0.3) is 0 Å². The van der Waals surface area contributed by atoms with Crippen LogP contribution >= 0.6 is 0 Å². The zero-order valence-electron chi connectivity index (χ0n) is 10.8. The van der Waals surface area contributed by atoms with Crippen LogP contribution in [0.2, 0.25) is 0 Å². The van der Waals surface area contributed by atoms with Crippen molar-refractivity contribution in [3.8, 4) is 22.6 Å². The smallest absolute Gasteiger partial charge is 0.336 e. The van der Waals surface area contributed by atoms with E-state index in [1.165, 1.54) is 18.2 Å². The maximum atomic E-state index is 12.9. The van der Waals surface area contributed by atoms with Crippen molar-refractivity contribution in [3.63, 3.8) is 0 Å². The van der Waals surface area contributed by atoms with Gasteiger partial charge in [-0.25, -0.2) is 9.18 Å². The molecule has 3 rings (SSSR count). The van der Waals surface area contributed by atoms with Gasteiger partial charge in [0.2, 0.25) is 0 Å². The summed E-state index contributed by atoms with van der Waals surface area (Å²) in [7, 11) is 0. The van der Waals surface area contributed by atoms with Crippen LogP contribution in [0, 0.1) is 5.82 Å². The third-order valence-corrected chi connectivity index (χ3v) is 3.07. The number of nitrogens with zero attached hydrogens (tertiary/aromatic N) is 1. The number of aromatic nitrogens is 1. The standard InChI is InChI=1S/C16H10FNO3/c17-11-7-5-10(6-8-11)15-9-14(18-21-15)12-3-1-2-4-13(12)16(19)20/h1-9H,(H,19,20). The minimum atomic E-state index is -1.03. The van der Waals surface area contributed by atoms with E-state index in [0.29, 0.717) is 22.6 Å². The molecule has 0 saturated carbocycles. The highest BCUT2D eigenvalue weighted by Gasteiger charge is 2.15. The van der Waals surface area contributed by atoms with Gasteiger partial charge in [-0.3, -0.25) is 0 Å². The molecule has 4 nitrogen and oxygen atoms in total. The Bertz CT molecular complexity index is 793. The van der Waals surface area contributed by atoms with Gasteiger partial charge in [0.05, 0.1) is 5.56 Å². The molecule has 2 aromatic carbocycles. The first-order valence-corrected chi connectivity index (χ1v) is 6.20. The van der Waals surface area contributed by atoms with E-state index in [2.05, 4.69) is 5.16 Å². The number of carbonyl (C=O) groups is 1. The van der Waals surface area contributed by atoms with Gasteiger partial charge >= 0.3 is 5.97 Å². The second kappa shape index (κ2) is 5.20.